The van der Waals surface area contributed by atoms with Crippen LogP contribution in [0.15, 0.2) is 6.20 Å². The van der Waals surface area contributed by atoms with Crippen LogP contribution in [0.4, 0.5) is 0 Å². The predicted octanol–water partition coefficient (Wildman–Crippen LogP) is 1.87. The summed E-state index contributed by atoms with van der Waals surface area (Å²) in [5.41, 5.74) is 2.02. The zero-order valence-electron chi connectivity index (χ0n) is 13.4. The van der Waals surface area contributed by atoms with Gasteiger partial charge >= 0.3 is 0 Å². The van der Waals surface area contributed by atoms with Crippen LogP contribution in [0.2, 0.25) is 0 Å². The van der Waals surface area contributed by atoms with Crippen molar-refractivity contribution in [3.63, 3.8) is 0 Å². The molecule has 0 aliphatic carbocycles. The molecule has 0 amide bonds. The van der Waals surface area contributed by atoms with Gasteiger partial charge in [0.25, 0.3) is 0 Å². The average molecular weight is 313 g/mol. The van der Waals surface area contributed by atoms with Crippen molar-refractivity contribution in [2.75, 3.05) is 18.1 Å². The number of hydrogen-bond acceptors (Lipinski definition) is 4. The van der Waals surface area contributed by atoms with E-state index >= 15 is 0 Å². The fourth-order valence-electron chi connectivity index (χ4n) is 3.08. The van der Waals surface area contributed by atoms with Crippen LogP contribution in [0.5, 0.6) is 0 Å². The molecule has 6 heteroatoms. The Bertz CT molecular complexity index is 580. The normalized spacial score (nSPS) is 24.5. The van der Waals surface area contributed by atoms with Crippen molar-refractivity contribution in [1.82, 2.24) is 15.1 Å². The van der Waals surface area contributed by atoms with E-state index in [0.29, 0.717) is 6.42 Å². The number of aromatic nitrogens is 2. The first-order chi connectivity index (χ1) is 9.92. The molecule has 2 heterocycles. The Kier molecular flexibility index (Phi) is 5.09. The maximum absolute atomic E-state index is 11.9. The maximum atomic E-state index is 11.9. The highest BCUT2D eigenvalue weighted by atomic mass is 32.2. The first-order valence-electron chi connectivity index (χ1n) is 7.89. The molecule has 1 saturated heterocycles. The van der Waals surface area contributed by atoms with Crippen LogP contribution in [-0.2, 0) is 28.3 Å². The summed E-state index contributed by atoms with van der Waals surface area (Å²) >= 11 is 0. The van der Waals surface area contributed by atoms with Crippen molar-refractivity contribution in [2.24, 2.45) is 0 Å². The summed E-state index contributed by atoms with van der Waals surface area (Å²) in [6.07, 6.45) is 5.65. The van der Waals surface area contributed by atoms with Gasteiger partial charge in [0.2, 0.25) is 0 Å². The molecule has 0 saturated carbocycles. The van der Waals surface area contributed by atoms with E-state index in [0.717, 1.165) is 32.4 Å². The third-order valence-corrected chi connectivity index (χ3v) is 6.07. The lowest BCUT2D eigenvalue weighted by Gasteiger charge is -2.26. The number of sulfone groups is 1. The monoisotopic (exact) mass is 313 g/mol. The summed E-state index contributed by atoms with van der Waals surface area (Å²) < 4.78 is 25.7. The molecule has 21 heavy (non-hydrogen) atoms. The predicted molar refractivity (Wildman–Crippen MR) is 85.1 cm³/mol. The minimum atomic E-state index is -2.92. The van der Waals surface area contributed by atoms with Crippen LogP contribution < -0.4 is 5.32 Å². The molecule has 1 aliphatic rings. The Hall–Kier alpha value is -0.880. The van der Waals surface area contributed by atoms with Crippen LogP contribution in [0.3, 0.4) is 0 Å². The standard InChI is InChI=1S/C15H27N3O2S/c1-4-6-14-13(10-16-8-5-2)11-17-18(14)15(3)7-9-21(19,20)12-15/h11,16H,4-10,12H2,1-3H3. The van der Waals surface area contributed by atoms with Gasteiger partial charge in [-0.05, 0) is 32.7 Å². The lowest BCUT2D eigenvalue weighted by molar-refractivity contribution is 0.317. The third-order valence-electron chi connectivity index (χ3n) is 4.18. The summed E-state index contributed by atoms with van der Waals surface area (Å²) in [6, 6.07) is 0. The Balaban J connectivity index is 2.27. The summed E-state index contributed by atoms with van der Waals surface area (Å²) in [4.78, 5) is 0. The van der Waals surface area contributed by atoms with Gasteiger partial charge in [0.15, 0.2) is 9.84 Å². The molecule has 1 atom stereocenters. The maximum Gasteiger partial charge on any atom is 0.152 e. The molecular weight excluding hydrogens is 286 g/mol. The second-order valence-electron chi connectivity index (χ2n) is 6.29. The van der Waals surface area contributed by atoms with Crippen LogP contribution in [0.1, 0.15) is 51.3 Å². The summed E-state index contributed by atoms with van der Waals surface area (Å²) in [5.74, 6) is 0.485. The average Bonchev–Trinajstić information content (AvgIpc) is 2.93. The SMILES string of the molecule is CCCNCc1cnn(C2(C)CCS(=O)(=O)C2)c1CCC. The molecule has 1 aromatic heterocycles. The number of nitrogens with zero attached hydrogens (tertiary/aromatic N) is 2. The van der Waals surface area contributed by atoms with Crippen molar-refractivity contribution >= 4 is 9.84 Å². The van der Waals surface area contributed by atoms with E-state index in [4.69, 9.17) is 0 Å². The topological polar surface area (TPSA) is 64.0 Å². The Morgan fingerprint density at radius 2 is 2.14 bits per heavy atom. The molecule has 5 nitrogen and oxygen atoms in total. The van der Waals surface area contributed by atoms with Crippen molar-refractivity contribution in [2.45, 2.75) is 58.5 Å². The molecule has 0 radical (unpaired) electrons. The zero-order chi connectivity index (χ0) is 15.5. The van der Waals surface area contributed by atoms with Gasteiger partial charge in [-0.1, -0.05) is 20.3 Å². The first kappa shape index (κ1) is 16.5. The molecule has 1 fully saturated rings. The molecule has 0 spiro atoms. The van der Waals surface area contributed by atoms with Crippen molar-refractivity contribution < 1.29 is 8.42 Å². The molecule has 1 unspecified atom stereocenters. The minimum absolute atomic E-state index is 0.209. The quantitative estimate of drug-likeness (QED) is 0.781. The van der Waals surface area contributed by atoms with E-state index < -0.39 is 9.84 Å². The molecule has 0 bridgehead atoms. The fraction of sp³-hybridized carbons (Fsp3) is 0.800. The molecular formula is C15H27N3O2S. The summed E-state index contributed by atoms with van der Waals surface area (Å²) in [5, 5.41) is 7.96. The molecule has 2 rings (SSSR count). The molecule has 0 aromatic carbocycles. The van der Waals surface area contributed by atoms with E-state index in [1.165, 1.54) is 11.3 Å². The highest BCUT2D eigenvalue weighted by Crippen LogP contribution is 2.32. The van der Waals surface area contributed by atoms with Crippen molar-refractivity contribution in [3.05, 3.63) is 17.5 Å². The van der Waals surface area contributed by atoms with Gasteiger partial charge in [-0.2, -0.15) is 5.10 Å². The Morgan fingerprint density at radius 1 is 1.38 bits per heavy atom. The number of rotatable bonds is 7. The molecule has 1 aliphatic heterocycles. The number of hydrogen-bond donors (Lipinski definition) is 1. The van der Waals surface area contributed by atoms with Gasteiger partial charge < -0.3 is 5.32 Å². The van der Waals surface area contributed by atoms with E-state index in [-0.39, 0.29) is 17.0 Å². The smallest absolute Gasteiger partial charge is 0.152 e. The highest BCUT2D eigenvalue weighted by Gasteiger charge is 2.41. The van der Waals surface area contributed by atoms with Crippen LogP contribution in [0, 0.1) is 0 Å². The highest BCUT2D eigenvalue weighted by molar-refractivity contribution is 7.91. The number of nitrogens with one attached hydrogen (secondary N) is 1. The van der Waals surface area contributed by atoms with E-state index in [2.05, 4.69) is 24.3 Å². The zero-order valence-corrected chi connectivity index (χ0v) is 14.2. The van der Waals surface area contributed by atoms with E-state index in [1.54, 1.807) is 0 Å². The largest absolute Gasteiger partial charge is 0.313 e. The van der Waals surface area contributed by atoms with Gasteiger partial charge in [-0.25, -0.2) is 8.42 Å². The van der Waals surface area contributed by atoms with Crippen LogP contribution in [0.25, 0.3) is 0 Å². The Morgan fingerprint density at radius 3 is 2.71 bits per heavy atom. The lowest BCUT2D eigenvalue weighted by atomic mass is 10.0. The third kappa shape index (κ3) is 3.66. The van der Waals surface area contributed by atoms with Crippen LogP contribution >= 0.6 is 0 Å². The summed E-state index contributed by atoms with van der Waals surface area (Å²) in [6.45, 7) is 8.11. The van der Waals surface area contributed by atoms with Gasteiger partial charge in [0.1, 0.15) is 0 Å². The summed E-state index contributed by atoms with van der Waals surface area (Å²) in [7, 11) is -2.92. The molecule has 120 valence electrons. The Labute approximate surface area is 128 Å². The molecule has 1 N–H and O–H groups in total. The fourth-order valence-corrected chi connectivity index (χ4v) is 5.19. The minimum Gasteiger partial charge on any atom is -0.313 e. The first-order valence-corrected chi connectivity index (χ1v) is 9.71. The second-order valence-corrected chi connectivity index (χ2v) is 8.48. The van der Waals surface area contributed by atoms with Crippen molar-refractivity contribution in [1.29, 1.82) is 0 Å². The van der Waals surface area contributed by atoms with E-state index in [1.807, 2.05) is 17.8 Å². The lowest BCUT2D eigenvalue weighted by Crippen LogP contribution is -2.34. The van der Waals surface area contributed by atoms with Gasteiger partial charge in [0.05, 0.1) is 23.2 Å². The van der Waals surface area contributed by atoms with Gasteiger partial charge in [0, 0.05) is 17.8 Å². The van der Waals surface area contributed by atoms with E-state index in [9.17, 15) is 8.42 Å². The van der Waals surface area contributed by atoms with Gasteiger partial charge in [-0.3, -0.25) is 4.68 Å². The van der Waals surface area contributed by atoms with Gasteiger partial charge in [-0.15, -0.1) is 0 Å². The van der Waals surface area contributed by atoms with Crippen molar-refractivity contribution in [3.8, 4) is 0 Å². The van der Waals surface area contributed by atoms with Crippen LogP contribution in [-0.4, -0.2) is 36.2 Å². The second kappa shape index (κ2) is 6.48. The molecule has 1 aromatic rings.